The van der Waals surface area contributed by atoms with Crippen LogP contribution in [0.2, 0.25) is 0 Å². The first-order chi connectivity index (χ1) is 11.6. The van der Waals surface area contributed by atoms with E-state index in [9.17, 15) is 4.79 Å². The van der Waals surface area contributed by atoms with Gasteiger partial charge in [-0.15, -0.1) is 0 Å². The number of carbonyl (C=O) groups is 1. The van der Waals surface area contributed by atoms with Crippen LogP contribution in [0.5, 0.6) is 0 Å². The molecule has 0 N–H and O–H groups in total. The first kappa shape index (κ1) is 17.4. The molecule has 3 rings (SSSR count). The highest BCUT2D eigenvalue weighted by molar-refractivity contribution is 5.76. The van der Waals surface area contributed by atoms with Crippen LogP contribution in [0, 0.1) is 5.41 Å². The van der Waals surface area contributed by atoms with E-state index < -0.39 is 0 Å². The van der Waals surface area contributed by atoms with Crippen molar-refractivity contribution in [3.05, 3.63) is 35.9 Å². The zero-order valence-electron chi connectivity index (χ0n) is 15.0. The third kappa shape index (κ3) is 3.98. The number of likely N-dealkylation sites (N-methyl/N-ethyl adjacent to an activating group) is 1. The molecule has 0 bridgehead atoms. The molecule has 24 heavy (non-hydrogen) atoms. The molecule has 1 spiro atoms. The Morgan fingerprint density at radius 2 is 1.96 bits per heavy atom. The summed E-state index contributed by atoms with van der Waals surface area (Å²) in [5.74, 6) is 0.858. The molecule has 1 amide bonds. The van der Waals surface area contributed by atoms with E-state index in [2.05, 4.69) is 42.3 Å². The summed E-state index contributed by atoms with van der Waals surface area (Å²) in [6.45, 7) is 4.63. The minimum absolute atomic E-state index is 0.246. The minimum Gasteiger partial charge on any atom is -0.384 e. The molecule has 0 aromatic heterocycles. The number of piperidine rings is 2. The molecule has 4 nitrogen and oxygen atoms in total. The smallest absolute Gasteiger partial charge is 0.224 e. The van der Waals surface area contributed by atoms with Crippen LogP contribution in [0.15, 0.2) is 30.3 Å². The van der Waals surface area contributed by atoms with Gasteiger partial charge in [-0.25, -0.2) is 0 Å². The molecule has 132 valence electrons. The van der Waals surface area contributed by atoms with E-state index in [0.29, 0.717) is 24.4 Å². The van der Waals surface area contributed by atoms with Crippen molar-refractivity contribution < 1.29 is 9.53 Å². The van der Waals surface area contributed by atoms with Gasteiger partial charge >= 0.3 is 0 Å². The molecule has 1 atom stereocenters. The normalized spacial score (nSPS) is 24.2. The minimum atomic E-state index is 0.246. The second-order valence-corrected chi connectivity index (χ2v) is 7.63. The van der Waals surface area contributed by atoms with Crippen molar-refractivity contribution in [3.63, 3.8) is 0 Å². The highest BCUT2D eigenvalue weighted by atomic mass is 16.5. The summed E-state index contributed by atoms with van der Waals surface area (Å²) >= 11 is 0. The summed E-state index contributed by atoms with van der Waals surface area (Å²) in [5.41, 5.74) is 1.83. The molecule has 2 heterocycles. The molecule has 2 aliphatic rings. The third-order valence-electron chi connectivity index (χ3n) is 5.78. The number of methoxy groups -OCH3 is 1. The molecule has 1 unspecified atom stereocenters. The zero-order chi connectivity index (χ0) is 17.0. The van der Waals surface area contributed by atoms with Crippen molar-refractivity contribution in [2.24, 2.45) is 5.41 Å². The second kappa shape index (κ2) is 7.66. The van der Waals surface area contributed by atoms with Gasteiger partial charge in [0.2, 0.25) is 5.91 Å². The SMILES string of the molecule is COCCC(=O)N1CCC2(CC1)CC(c1ccccc1)CN(C)C2. The average molecular weight is 330 g/mol. The van der Waals surface area contributed by atoms with Gasteiger partial charge in [-0.05, 0) is 43.2 Å². The summed E-state index contributed by atoms with van der Waals surface area (Å²) in [5, 5.41) is 0. The zero-order valence-corrected chi connectivity index (χ0v) is 15.0. The number of likely N-dealkylation sites (tertiary alicyclic amines) is 2. The molecule has 0 radical (unpaired) electrons. The van der Waals surface area contributed by atoms with E-state index in [1.54, 1.807) is 7.11 Å². The highest BCUT2D eigenvalue weighted by Gasteiger charge is 2.41. The van der Waals surface area contributed by atoms with Crippen molar-refractivity contribution in [2.45, 2.75) is 31.6 Å². The van der Waals surface area contributed by atoms with Gasteiger partial charge in [0.25, 0.3) is 0 Å². The maximum absolute atomic E-state index is 12.2. The van der Waals surface area contributed by atoms with Crippen LogP contribution in [0.1, 0.15) is 37.2 Å². The van der Waals surface area contributed by atoms with E-state index in [-0.39, 0.29) is 5.91 Å². The Morgan fingerprint density at radius 1 is 1.25 bits per heavy atom. The molecular formula is C20H30N2O2. The molecule has 2 saturated heterocycles. The van der Waals surface area contributed by atoms with E-state index in [0.717, 1.165) is 39.0 Å². The number of amides is 1. The van der Waals surface area contributed by atoms with Gasteiger partial charge in [-0.3, -0.25) is 4.79 Å². The van der Waals surface area contributed by atoms with Gasteiger partial charge in [0.1, 0.15) is 0 Å². The fourth-order valence-corrected chi connectivity index (χ4v) is 4.55. The standard InChI is InChI=1S/C20H30N2O2/c1-21-15-18(17-6-4-3-5-7-17)14-20(16-21)9-11-22(12-10-20)19(23)8-13-24-2/h3-7,18H,8-16H2,1-2H3. The van der Waals surface area contributed by atoms with Gasteiger partial charge in [0.15, 0.2) is 0 Å². The average Bonchev–Trinajstić information content (AvgIpc) is 2.60. The quantitative estimate of drug-likeness (QED) is 0.851. The first-order valence-electron chi connectivity index (χ1n) is 9.12. The van der Waals surface area contributed by atoms with Crippen LogP contribution in [-0.4, -0.2) is 62.7 Å². The van der Waals surface area contributed by atoms with E-state index in [1.165, 1.54) is 12.0 Å². The maximum Gasteiger partial charge on any atom is 0.224 e. The number of rotatable bonds is 4. The van der Waals surface area contributed by atoms with Crippen molar-refractivity contribution in [2.75, 3.05) is 46.9 Å². The van der Waals surface area contributed by atoms with Gasteiger partial charge in [-0.1, -0.05) is 30.3 Å². The Hall–Kier alpha value is -1.39. The lowest BCUT2D eigenvalue weighted by molar-refractivity contribution is -0.135. The summed E-state index contributed by atoms with van der Waals surface area (Å²) in [6.07, 6.45) is 4.01. The van der Waals surface area contributed by atoms with Crippen LogP contribution >= 0.6 is 0 Å². The number of ether oxygens (including phenoxy) is 1. The fraction of sp³-hybridized carbons (Fsp3) is 0.650. The van der Waals surface area contributed by atoms with Crippen LogP contribution in [-0.2, 0) is 9.53 Å². The summed E-state index contributed by atoms with van der Waals surface area (Å²) in [7, 11) is 3.90. The molecule has 2 aliphatic heterocycles. The lowest BCUT2D eigenvalue weighted by Crippen LogP contribution is -2.51. The Bertz CT molecular complexity index is 538. The second-order valence-electron chi connectivity index (χ2n) is 7.63. The predicted octanol–water partition coefficient (Wildman–Crippen LogP) is 2.75. The number of benzene rings is 1. The van der Waals surface area contributed by atoms with Crippen LogP contribution in [0.25, 0.3) is 0 Å². The third-order valence-corrected chi connectivity index (χ3v) is 5.78. The van der Waals surface area contributed by atoms with Crippen LogP contribution in [0.4, 0.5) is 0 Å². The number of hydrogen-bond acceptors (Lipinski definition) is 3. The first-order valence-corrected chi connectivity index (χ1v) is 9.12. The van der Waals surface area contributed by atoms with Gasteiger partial charge in [0, 0.05) is 33.3 Å². The van der Waals surface area contributed by atoms with E-state index in [4.69, 9.17) is 4.74 Å². The maximum atomic E-state index is 12.2. The summed E-state index contributed by atoms with van der Waals surface area (Å²) < 4.78 is 5.04. The molecule has 0 aliphatic carbocycles. The predicted molar refractivity (Wildman–Crippen MR) is 96.0 cm³/mol. The van der Waals surface area contributed by atoms with Crippen molar-refractivity contribution in [1.82, 2.24) is 9.80 Å². The molecule has 4 heteroatoms. The van der Waals surface area contributed by atoms with Gasteiger partial charge < -0.3 is 14.5 Å². The highest BCUT2D eigenvalue weighted by Crippen LogP contribution is 2.44. The molecule has 0 saturated carbocycles. The Kier molecular flexibility index (Phi) is 5.57. The number of hydrogen-bond donors (Lipinski definition) is 0. The number of nitrogens with zero attached hydrogens (tertiary/aromatic N) is 2. The topological polar surface area (TPSA) is 32.8 Å². The largest absolute Gasteiger partial charge is 0.384 e. The van der Waals surface area contributed by atoms with Crippen LogP contribution < -0.4 is 0 Å². The molecule has 1 aromatic rings. The van der Waals surface area contributed by atoms with Crippen molar-refractivity contribution in [1.29, 1.82) is 0 Å². The Balaban J connectivity index is 1.63. The van der Waals surface area contributed by atoms with E-state index in [1.807, 2.05) is 4.90 Å². The molecular weight excluding hydrogens is 300 g/mol. The van der Waals surface area contributed by atoms with Gasteiger partial charge in [-0.2, -0.15) is 0 Å². The summed E-state index contributed by atoms with van der Waals surface area (Å²) in [4.78, 5) is 16.7. The van der Waals surface area contributed by atoms with Crippen LogP contribution in [0.3, 0.4) is 0 Å². The number of carbonyl (C=O) groups excluding carboxylic acids is 1. The van der Waals surface area contributed by atoms with Gasteiger partial charge in [0.05, 0.1) is 13.0 Å². The Labute approximate surface area is 145 Å². The monoisotopic (exact) mass is 330 g/mol. The van der Waals surface area contributed by atoms with Crippen molar-refractivity contribution >= 4 is 5.91 Å². The Morgan fingerprint density at radius 3 is 2.62 bits per heavy atom. The lowest BCUT2D eigenvalue weighted by Gasteiger charge is -2.49. The lowest BCUT2D eigenvalue weighted by atomic mass is 9.68. The summed E-state index contributed by atoms with van der Waals surface area (Å²) in [6, 6.07) is 10.9. The van der Waals surface area contributed by atoms with E-state index >= 15 is 0 Å². The molecule has 1 aromatic carbocycles. The van der Waals surface area contributed by atoms with Crippen molar-refractivity contribution in [3.8, 4) is 0 Å². The fourth-order valence-electron chi connectivity index (χ4n) is 4.55. The molecule has 2 fully saturated rings.